The Labute approximate surface area is 174 Å². The second-order valence-electron chi connectivity index (χ2n) is 7.84. The topological polar surface area (TPSA) is 85.4 Å². The minimum atomic E-state index is -3.28. The molecule has 1 aromatic heterocycles. The van der Waals surface area contributed by atoms with Crippen LogP contribution in [0.25, 0.3) is 10.2 Å². The molecule has 1 heterocycles. The van der Waals surface area contributed by atoms with Crippen LogP contribution < -0.4 is 10.1 Å². The van der Waals surface area contributed by atoms with Gasteiger partial charge in [-0.2, -0.15) is 0 Å². The minimum Gasteiger partial charge on any atom is -0.493 e. The predicted octanol–water partition coefficient (Wildman–Crippen LogP) is 4.40. The lowest BCUT2D eigenvalue weighted by Crippen LogP contribution is -2.15. The van der Waals surface area contributed by atoms with Crippen LogP contribution in [0.5, 0.6) is 5.75 Å². The number of benzene rings is 2. The zero-order chi connectivity index (χ0) is 21.2. The van der Waals surface area contributed by atoms with Gasteiger partial charge in [0.25, 0.3) is 0 Å². The van der Waals surface area contributed by atoms with Crippen molar-refractivity contribution in [1.29, 1.82) is 0 Å². The Morgan fingerprint density at radius 1 is 1.14 bits per heavy atom. The molecule has 3 aromatic rings. The second-order valence-corrected chi connectivity index (χ2v) is 10.9. The van der Waals surface area contributed by atoms with Gasteiger partial charge in [0.2, 0.25) is 5.91 Å². The molecule has 29 heavy (non-hydrogen) atoms. The van der Waals surface area contributed by atoms with Crippen molar-refractivity contribution in [2.75, 3.05) is 18.2 Å². The SMILES string of the molecule is CC(C)(C)c1ccc(OCCC(=O)Nc2nc3ccc(S(C)(=O)=O)cc3s2)cc1. The highest BCUT2D eigenvalue weighted by molar-refractivity contribution is 7.90. The number of rotatable bonds is 6. The Morgan fingerprint density at radius 2 is 1.83 bits per heavy atom. The summed E-state index contributed by atoms with van der Waals surface area (Å²) >= 11 is 1.24. The van der Waals surface area contributed by atoms with Gasteiger partial charge >= 0.3 is 0 Å². The van der Waals surface area contributed by atoms with Crippen molar-refractivity contribution < 1.29 is 17.9 Å². The number of hydrogen-bond acceptors (Lipinski definition) is 6. The lowest BCUT2D eigenvalue weighted by atomic mass is 9.87. The normalized spacial score (nSPS) is 12.1. The van der Waals surface area contributed by atoms with E-state index in [-0.39, 0.29) is 29.2 Å². The van der Waals surface area contributed by atoms with Crippen molar-refractivity contribution in [3.05, 3.63) is 48.0 Å². The van der Waals surface area contributed by atoms with Gasteiger partial charge in [-0.1, -0.05) is 44.2 Å². The molecule has 0 aliphatic rings. The average molecular weight is 433 g/mol. The summed E-state index contributed by atoms with van der Waals surface area (Å²) < 4.78 is 29.7. The largest absolute Gasteiger partial charge is 0.493 e. The smallest absolute Gasteiger partial charge is 0.229 e. The quantitative estimate of drug-likeness (QED) is 0.624. The van der Waals surface area contributed by atoms with E-state index in [1.54, 1.807) is 12.1 Å². The molecule has 0 unspecified atom stereocenters. The molecule has 0 radical (unpaired) electrons. The standard InChI is InChI=1S/C21H24N2O4S2/c1-21(2,3)14-5-7-15(8-6-14)27-12-11-19(24)23-20-22-17-10-9-16(29(4,25)26)13-18(17)28-20/h5-10,13H,11-12H2,1-4H3,(H,22,23,24). The van der Waals surface area contributed by atoms with Gasteiger partial charge in [0.1, 0.15) is 5.75 Å². The maximum absolute atomic E-state index is 12.2. The van der Waals surface area contributed by atoms with Crippen LogP contribution in [0.1, 0.15) is 32.8 Å². The molecule has 0 aliphatic carbocycles. The summed E-state index contributed by atoms with van der Waals surface area (Å²) in [5.41, 5.74) is 1.95. The summed E-state index contributed by atoms with van der Waals surface area (Å²) in [6.45, 7) is 6.70. The number of fused-ring (bicyclic) bond motifs is 1. The number of thiazole rings is 1. The van der Waals surface area contributed by atoms with Gasteiger partial charge in [-0.15, -0.1) is 0 Å². The Kier molecular flexibility index (Phi) is 5.95. The van der Waals surface area contributed by atoms with Gasteiger partial charge in [0.05, 0.1) is 28.1 Å². The summed E-state index contributed by atoms with van der Waals surface area (Å²) in [6.07, 6.45) is 1.35. The number of anilines is 1. The first-order chi connectivity index (χ1) is 13.5. The summed E-state index contributed by atoms with van der Waals surface area (Å²) in [4.78, 5) is 16.7. The summed E-state index contributed by atoms with van der Waals surface area (Å²) in [6, 6.07) is 12.6. The molecular weight excluding hydrogens is 408 g/mol. The van der Waals surface area contributed by atoms with Gasteiger partial charge < -0.3 is 10.1 Å². The number of carbonyl (C=O) groups excluding carboxylic acids is 1. The molecular formula is C21H24N2O4S2. The molecule has 0 aliphatic heterocycles. The molecule has 154 valence electrons. The van der Waals surface area contributed by atoms with Crippen molar-refractivity contribution in [3.8, 4) is 5.75 Å². The molecule has 2 aromatic carbocycles. The maximum atomic E-state index is 12.2. The highest BCUT2D eigenvalue weighted by Gasteiger charge is 2.14. The molecule has 6 nitrogen and oxygen atoms in total. The average Bonchev–Trinajstić information content (AvgIpc) is 3.02. The van der Waals surface area contributed by atoms with Crippen LogP contribution in [0.3, 0.4) is 0 Å². The third-order valence-electron chi connectivity index (χ3n) is 4.35. The molecule has 1 N–H and O–H groups in total. The summed E-state index contributed by atoms with van der Waals surface area (Å²) in [5, 5.41) is 3.18. The number of nitrogens with one attached hydrogen (secondary N) is 1. The predicted molar refractivity (Wildman–Crippen MR) is 117 cm³/mol. The van der Waals surface area contributed by atoms with Crippen molar-refractivity contribution in [1.82, 2.24) is 4.98 Å². The van der Waals surface area contributed by atoms with E-state index in [4.69, 9.17) is 4.74 Å². The van der Waals surface area contributed by atoms with Crippen molar-refractivity contribution in [2.24, 2.45) is 0 Å². The first-order valence-corrected chi connectivity index (χ1v) is 11.9. The van der Waals surface area contributed by atoms with E-state index in [1.807, 2.05) is 24.3 Å². The Balaban J connectivity index is 1.55. The Bertz CT molecular complexity index is 1130. The fourth-order valence-corrected chi connectivity index (χ4v) is 4.33. The van der Waals surface area contributed by atoms with E-state index in [0.717, 1.165) is 12.0 Å². The number of amides is 1. The number of aromatic nitrogens is 1. The van der Waals surface area contributed by atoms with Crippen LogP contribution in [0.2, 0.25) is 0 Å². The van der Waals surface area contributed by atoms with Gasteiger partial charge in [-0.05, 0) is 41.3 Å². The number of hydrogen-bond donors (Lipinski definition) is 1. The van der Waals surface area contributed by atoms with E-state index in [1.165, 1.54) is 23.0 Å². The molecule has 8 heteroatoms. The Morgan fingerprint density at radius 3 is 2.45 bits per heavy atom. The van der Waals surface area contributed by atoms with Gasteiger partial charge in [0.15, 0.2) is 15.0 Å². The second kappa shape index (κ2) is 8.12. The van der Waals surface area contributed by atoms with Crippen LogP contribution in [-0.4, -0.2) is 32.2 Å². The van der Waals surface area contributed by atoms with E-state index in [0.29, 0.717) is 15.3 Å². The van der Waals surface area contributed by atoms with Crippen LogP contribution in [0, 0.1) is 0 Å². The van der Waals surface area contributed by atoms with Crippen molar-refractivity contribution in [3.63, 3.8) is 0 Å². The summed E-state index contributed by atoms with van der Waals surface area (Å²) in [7, 11) is -3.28. The van der Waals surface area contributed by atoms with Crippen molar-refractivity contribution >= 4 is 42.4 Å². The van der Waals surface area contributed by atoms with E-state index in [9.17, 15) is 13.2 Å². The molecule has 0 fully saturated rings. The van der Waals surface area contributed by atoms with Gasteiger partial charge in [-0.25, -0.2) is 13.4 Å². The lowest BCUT2D eigenvalue weighted by molar-refractivity contribution is -0.116. The van der Waals surface area contributed by atoms with E-state index >= 15 is 0 Å². The van der Waals surface area contributed by atoms with Gasteiger partial charge in [-0.3, -0.25) is 4.79 Å². The third kappa shape index (κ3) is 5.55. The van der Waals surface area contributed by atoms with Crippen LogP contribution in [0.15, 0.2) is 47.4 Å². The van der Waals surface area contributed by atoms with E-state index in [2.05, 4.69) is 31.1 Å². The molecule has 0 bridgehead atoms. The van der Waals surface area contributed by atoms with Crippen LogP contribution in [-0.2, 0) is 20.0 Å². The number of sulfone groups is 1. The lowest BCUT2D eigenvalue weighted by Gasteiger charge is -2.19. The van der Waals surface area contributed by atoms with Crippen LogP contribution >= 0.6 is 11.3 Å². The van der Waals surface area contributed by atoms with Gasteiger partial charge in [0, 0.05) is 6.26 Å². The highest BCUT2D eigenvalue weighted by Crippen LogP contribution is 2.28. The number of nitrogens with zero attached hydrogens (tertiary/aromatic N) is 1. The molecule has 3 rings (SSSR count). The van der Waals surface area contributed by atoms with E-state index < -0.39 is 9.84 Å². The first kappa shape index (κ1) is 21.3. The molecule has 0 saturated carbocycles. The Hall–Kier alpha value is -2.45. The summed E-state index contributed by atoms with van der Waals surface area (Å²) in [5.74, 6) is 0.512. The molecule has 0 atom stereocenters. The molecule has 1 amide bonds. The molecule has 0 saturated heterocycles. The van der Waals surface area contributed by atoms with Crippen molar-refractivity contribution in [2.45, 2.75) is 37.5 Å². The zero-order valence-electron chi connectivity index (χ0n) is 16.9. The van der Waals surface area contributed by atoms with Crippen LogP contribution in [0.4, 0.5) is 5.13 Å². The fraction of sp³-hybridized carbons (Fsp3) is 0.333. The highest BCUT2D eigenvalue weighted by atomic mass is 32.2. The third-order valence-corrected chi connectivity index (χ3v) is 6.40. The zero-order valence-corrected chi connectivity index (χ0v) is 18.5. The monoisotopic (exact) mass is 432 g/mol. The first-order valence-electron chi connectivity index (χ1n) is 9.16. The maximum Gasteiger partial charge on any atom is 0.229 e. The molecule has 0 spiro atoms. The number of ether oxygens (including phenoxy) is 1. The number of carbonyl (C=O) groups is 1. The fourth-order valence-electron chi connectivity index (χ4n) is 2.68. The minimum absolute atomic E-state index is 0.0811.